The third kappa shape index (κ3) is 2.44. The number of nitrogens with one attached hydrogen (secondary N) is 1. The minimum atomic E-state index is -0.620. The van der Waals surface area contributed by atoms with Gasteiger partial charge in [0.05, 0.1) is 16.8 Å². The van der Waals surface area contributed by atoms with Crippen LogP contribution in [0.3, 0.4) is 0 Å². The van der Waals surface area contributed by atoms with Gasteiger partial charge in [-0.2, -0.15) is 5.10 Å². The van der Waals surface area contributed by atoms with Gasteiger partial charge in [0.15, 0.2) is 0 Å². The number of hydrogen-bond donors (Lipinski definition) is 1. The first kappa shape index (κ1) is 13.2. The predicted molar refractivity (Wildman–Crippen MR) is 65.0 cm³/mol. The lowest BCUT2D eigenvalue weighted by atomic mass is 9.96. The Morgan fingerprint density at radius 2 is 2.19 bits per heavy atom. The number of aryl methyl sites for hydroxylation is 1. The third-order valence-corrected chi connectivity index (χ3v) is 2.77. The van der Waals surface area contributed by atoms with Crippen molar-refractivity contribution >= 4 is 17.4 Å². The van der Waals surface area contributed by atoms with Gasteiger partial charge in [-0.15, -0.1) is 0 Å². The molecule has 5 heteroatoms. The van der Waals surface area contributed by atoms with Gasteiger partial charge in [-0.3, -0.25) is 9.48 Å². The van der Waals surface area contributed by atoms with E-state index in [-0.39, 0.29) is 5.78 Å². The molecule has 1 N–H and O–H groups in total. The lowest BCUT2D eigenvalue weighted by Gasteiger charge is -2.24. The van der Waals surface area contributed by atoms with E-state index in [0.29, 0.717) is 17.3 Å². The van der Waals surface area contributed by atoms with E-state index in [1.807, 2.05) is 27.7 Å². The summed E-state index contributed by atoms with van der Waals surface area (Å²) >= 11 is 5.99. The quantitative estimate of drug-likeness (QED) is 0.806. The van der Waals surface area contributed by atoms with Crippen LogP contribution in [0.1, 0.15) is 38.2 Å². The van der Waals surface area contributed by atoms with Crippen molar-refractivity contribution in [1.29, 1.82) is 0 Å². The van der Waals surface area contributed by atoms with Gasteiger partial charge in [-0.25, -0.2) is 0 Å². The van der Waals surface area contributed by atoms with Gasteiger partial charge in [-0.05, 0) is 27.3 Å². The van der Waals surface area contributed by atoms with Crippen molar-refractivity contribution in [3.05, 3.63) is 16.9 Å². The Hall–Kier alpha value is -0.870. The first-order valence-electron chi connectivity index (χ1n) is 5.45. The molecule has 0 aliphatic heterocycles. The zero-order chi connectivity index (χ0) is 12.3. The fourth-order valence-electron chi connectivity index (χ4n) is 1.65. The minimum Gasteiger partial charge on any atom is -0.305 e. The average Bonchev–Trinajstić information content (AvgIpc) is 2.58. The van der Waals surface area contributed by atoms with Gasteiger partial charge in [0, 0.05) is 6.54 Å². The molecule has 1 rings (SSSR count). The van der Waals surface area contributed by atoms with Crippen molar-refractivity contribution in [3.63, 3.8) is 0 Å². The van der Waals surface area contributed by atoms with Crippen molar-refractivity contribution < 1.29 is 4.79 Å². The number of Topliss-reactive ketones (excluding diaryl/α,β-unsaturated/α-hetero) is 1. The monoisotopic (exact) mass is 243 g/mol. The molecule has 0 fully saturated rings. The first-order valence-corrected chi connectivity index (χ1v) is 5.83. The molecule has 0 saturated carbocycles. The zero-order valence-corrected chi connectivity index (χ0v) is 10.9. The molecule has 0 spiro atoms. The molecule has 90 valence electrons. The summed E-state index contributed by atoms with van der Waals surface area (Å²) < 4.78 is 1.63. The standard InChI is InChI=1S/C11H18ClN3O/c1-5-13-11(3,4)10(16)9-8(12)7-14-15(9)6-2/h7,13H,5-6H2,1-4H3. The first-order chi connectivity index (χ1) is 7.44. The average molecular weight is 244 g/mol. The van der Waals surface area contributed by atoms with Crippen LogP contribution in [0.5, 0.6) is 0 Å². The summed E-state index contributed by atoms with van der Waals surface area (Å²) in [7, 11) is 0. The van der Waals surface area contributed by atoms with Crippen LogP contribution in [0.15, 0.2) is 6.20 Å². The molecule has 0 amide bonds. The highest BCUT2D eigenvalue weighted by molar-refractivity contribution is 6.34. The Labute approximate surface area is 101 Å². The highest BCUT2D eigenvalue weighted by Crippen LogP contribution is 2.21. The number of halogens is 1. The summed E-state index contributed by atoms with van der Waals surface area (Å²) in [6.07, 6.45) is 1.51. The van der Waals surface area contributed by atoms with Crippen LogP contribution >= 0.6 is 11.6 Å². The zero-order valence-electron chi connectivity index (χ0n) is 10.2. The van der Waals surface area contributed by atoms with Crippen LogP contribution < -0.4 is 5.32 Å². The topological polar surface area (TPSA) is 46.9 Å². The number of hydrogen-bond acceptors (Lipinski definition) is 3. The molecule has 0 bridgehead atoms. The Morgan fingerprint density at radius 3 is 2.69 bits per heavy atom. The number of likely N-dealkylation sites (N-methyl/N-ethyl adjacent to an activating group) is 1. The van der Waals surface area contributed by atoms with Crippen molar-refractivity contribution in [2.75, 3.05) is 6.54 Å². The van der Waals surface area contributed by atoms with Crippen LogP contribution in [-0.2, 0) is 6.54 Å². The predicted octanol–water partition coefficient (Wildman–Crippen LogP) is 2.13. The highest BCUT2D eigenvalue weighted by atomic mass is 35.5. The van der Waals surface area contributed by atoms with Crippen LogP contribution in [0.4, 0.5) is 0 Å². The largest absolute Gasteiger partial charge is 0.305 e. The van der Waals surface area contributed by atoms with Crippen molar-refractivity contribution in [1.82, 2.24) is 15.1 Å². The fourth-order valence-corrected chi connectivity index (χ4v) is 1.87. The lowest BCUT2D eigenvalue weighted by Crippen LogP contribution is -2.47. The maximum absolute atomic E-state index is 12.3. The SMILES string of the molecule is CCNC(C)(C)C(=O)c1c(Cl)cnn1CC. The number of rotatable bonds is 5. The molecule has 16 heavy (non-hydrogen) atoms. The van der Waals surface area contributed by atoms with Gasteiger partial charge < -0.3 is 5.32 Å². The van der Waals surface area contributed by atoms with E-state index in [1.165, 1.54) is 6.20 Å². The summed E-state index contributed by atoms with van der Waals surface area (Å²) in [4.78, 5) is 12.3. The molecule has 1 aromatic rings. The van der Waals surface area contributed by atoms with Crippen molar-refractivity contribution in [2.45, 2.75) is 39.8 Å². The number of carbonyl (C=O) groups excluding carboxylic acids is 1. The number of aromatic nitrogens is 2. The van der Waals surface area contributed by atoms with Crippen molar-refractivity contribution in [2.24, 2.45) is 0 Å². The molecule has 0 radical (unpaired) electrons. The maximum atomic E-state index is 12.3. The maximum Gasteiger partial charge on any atom is 0.201 e. The third-order valence-electron chi connectivity index (χ3n) is 2.50. The minimum absolute atomic E-state index is 0.0290. The van der Waals surface area contributed by atoms with E-state index in [0.717, 1.165) is 6.54 Å². The van der Waals surface area contributed by atoms with Gasteiger partial charge >= 0.3 is 0 Å². The van der Waals surface area contributed by atoms with E-state index in [4.69, 9.17) is 11.6 Å². The van der Waals surface area contributed by atoms with E-state index >= 15 is 0 Å². The van der Waals surface area contributed by atoms with E-state index in [2.05, 4.69) is 10.4 Å². The van der Waals surface area contributed by atoms with Gasteiger partial charge in [0.25, 0.3) is 0 Å². The van der Waals surface area contributed by atoms with E-state index < -0.39 is 5.54 Å². The van der Waals surface area contributed by atoms with E-state index in [9.17, 15) is 4.79 Å². The highest BCUT2D eigenvalue weighted by Gasteiger charge is 2.31. The van der Waals surface area contributed by atoms with Crippen LogP contribution in [-0.4, -0.2) is 27.6 Å². The molecule has 0 atom stereocenters. The number of carbonyl (C=O) groups is 1. The summed E-state index contributed by atoms with van der Waals surface area (Å²) in [5.41, 5.74) is -0.138. The molecular weight excluding hydrogens is 226 g/mol. The molecule has 0 aliphatic rings. The molecule has 0 saturated heterocycles. The Morgan fingerprint density at radius 1 is 1.56 bits per heavy atom. The second-order valence-corrected chi connectivity index (χ2v) is 4.55. The second kappa shape index (κ2) is 4.97. The Balaban J connectivity index is 3.08. The van der Waals surface area contributed by atoms with Gasteiger partial charge in [0.1, 0.15) is 5.69 Å². The Bertz CT molecular complexity index is 385. The van der Waals surface area contributed by atoms with E-state index in [1.54, 1.807) is 4.68 Å². The van der Waals surface area contributed by atoms with Gasteiger partial charge in [-0.1, -0.05) is 18.5 Å². The molecule has 0 aromatic carbocycles. The number of nitrogens with zero attached hydrogens (tertiary/aromatic N) is 2. The molecule has 0 unspecified atom stereocenters. The van der Waals surface area contributed by atoms with Crippen LogP contribution in [0, 0.1) is 0 Å². The van der Waals surface area contributed by atoms with Crippen LogP contribution in [0.2, 0.25) is 5.02 Å². The summed E-state index contributed by atoms with van der Waals surface area (Å²) in [6.45, 7) is 8.96. The second-order valence-electron chi connectivity index (χ2n) is 4.14. The summed E-state index contributed by atoms with van der Waals surface area (Å²) in [5.74, 6) is -0.0290. The lowest BCUT2D eigenvalue weighted by molar-refractivity contribution is 0.0873. The molecule has 0 aliphatic carbocycles. The fraction of sp³-hybridized carbons (Fsp3) is 0.636. The van der Waals surface area contributed by atoms with Crippen LogP contribution in [0.25, 0.3) is 0 Å². The normalized spacial score (nSPS) is 11.8. The van der Waals surface area contributed by atoms with Crippen molar-refractivity contribution in [3.8, 4) is 0 Å². The number of ketones is 1. The smallest absolute Gasteiger partial charge is 0.201 e. The molecule has 1 heterocycles. The Kier molecular flexibility index (Phi) is 4.10. The molecular formula is C11H18ClN3O. The summed E-state index contributed by atoms with van der Waals surface area (Å²) in [5, 5.41) is 7.62. The van der Waals surface area contributed by atoms with Gasteiger partial charge in [0.2, 0.25) is 5.78 Å². The molecule has 1 aromatic heterocycles. The molecule has 4 nitrogen and oxygen atoms in total. The summed E-state index contributed by atoms with van der Waals surface area (Å²) in [6, 6.07) is 0.